The van der Waals surface area contributed by atoms with Gasteiger partial charge in [-0.1, -0.05) is 20.8 Å². The van der Waals surface area contributed by atoms with Gasteiger partial charge >= 0.3 is 0 Å². The number of aliphatic hydroxyl groups excluding tert-OH is 1. The lowest BCUT2D eigenvalue weighted by Crippen LogP contribution is -2.50. The second-order valence-electron chi connectivity index (χ2n) is 7.96. The van der Waals surface area contributed by atoms with Gasteiger partial charge in [-0.15, -0.1) is 0 Å². The molecule has 1 N–H and O–H groups in total. The van der Waals surface area contributed by atoms with Gasteiger partial charge in [0.15, 0.2) is 8.32 Å². The van der Waals surface area contributed by atoms with Crippen LogP contribution in [0.2, 0.25) is 18.1 Å². The molecular weight excluding hydrogens is 336 g/mol. The maximum Gasteiger partial charge on any atom is 0.256 e. The lowest BCUT2D eigenvalue weighted by molar-refractivity contribution is -0.0185. The molecular formula is C18H30N2O4Si. The van der Waals surface area contributed by atoms with E-state index in [0.717, 1.165) is 0 Å². The van der Waals surface area contributed by atoms with Crippen LogP contribution in [0.15, 0.2) is 18.3 Å². The quantitative estimate of drug-likeness (QED) is 0.811. The molecule has 0 spiro atoms. The van der Waals surface area contributed by atoms with Crippen molar-refractivity contribution in [1.29, 1.82) is 0 Å². The van der Waals surface area contributed by atoms with E-state index < -0.39 is 8.32 Å². The van der Waals surface area contributed by atoms with Crippen LogP contribution in [0.5, 0.6) is 0 Å². The van der Waals surface area contributed by atoms with Crippen LogP contribution in [0, 0.1) is 0 Å². The molecule has 6 nitrogen and oxygen atoms in total. The zero-order valence-corrected chi connectivity index (χ0v) is 16.9. The number of aromatic nitrogens is 1. The summed E-state index contributed by atoms with van der Waals surface area (Å²) in [7, 11) is -1.93. The third-order valence-electron chi connectivity index (χ3n) is 5.20. The first-order valence-corrected chi connectivity index (χ1v) is 11.7. The monoisotopic (exact) mass is 366 g/mol. The highest BCUT2D eigenvalue weighted by molar-refractivity contribution is 6.74. The van der Waals surface area contributed by atoms with E-state index in [4.69, 9.17) is 9.16 Å². The SMILES string of the molecule is CC(C)(C)[Si](C)(C)OCc1ncccc1C(=O)N1CCOCC1CO. The Hall–Kier alpha value is -1.28. The summed E-state index contributed by atoms with van der Waals surface area (Å²) < 4.78 is 11.6. The highest BCUT2D eigenvalue weighted by atomic mass is 28.4. The van der Waals surface area contributed by atoms with E-state index >= 15 is 0 Å². The highest BCUT2D eigenvalue weighted by Gasteiger charge is 2.37. The van der Waals surface area contributed by atoms with Gasteiger partial charge in [-0.3, -0.25) is 9.78 Å². The number of amides is 1. The van der Waals surface area contributed by atoms with E-state index in [0.29, 0.717) is 37.6 Å². The first-order valence-electron chi connectivity index (χ1n) is 8.75. The zero-order chi connectivity index (χ0) is 18.7. The number of hydrogen-bond acceptors (Lipinski definition) is 5. The maximum atomic E-state index is 13.0. The molecule has 0 saturated carbocycles. The Morgan fingerprint density at radius 3 is 2.84 bits per heavy atom. The number of rotatable bonds is 5. The molecule has 0 bridgehead atoms. The second-order valence-corrected chi connectivity index (χ2v) is 12.8. The topological polar surface area (TPSA) is 71.9 Å². The van der Waals surface area contributed by atoms with Crippen LogP contribution in [0.4, 0.5) is 0 Å². The van der Waals surface area contributed by atoms with Gasteiger partial charge in [0.25, 0.3) is 5.91 Å². The van der Waals surface area contributed by atoms with E-state index in [1.165, 1.54) is 0 Å². The van der Waals surface area contributed by atoms with Gasteiger partial charge < -0.3 is 19.2 Å². The number of morpholine rings is 1. The molecule has 1 aromatic heterocycles. The molecule has 1 aliphatic rings. The first kappa shape index (κ1) is 20.0. The standard InChI is InChI=1S/C18H30N2O4Si/c1-18(2,3)25(4,5)24-13-16-15(7-6-8-19-16)17(22)20-9-10-23-12-14(20)11-21/h6-8,14,21H,9-13H2,1-5H3. The predicted molar refractivity (Wildman–Crippen MR) is 99.0 cm³/mol. The Morgan fingerprint density at radius 1 is 1.48 bits per heavy atom. The molecule has 1 amide bonds. The average Bonchev–Trinajstić information content (AvgIpc) is 2.58. The number of carbonyl (C=O) groups is 1. The van der Waals surface area contributed by atoms with Gasteiger partial charge in [0.2, 0.25) is 0 Å². The Morgan fingerprint density at radius 2 is 2.20 bits per heavy atom. The fraction of sp³-hybridized carbons (Fsp3) is 0.667. The summed E-state index contributed by atoms with van der Waals surface area (Å²) >= 11 is 0. The largest absolute Gasteiger partial charge is 0.411 e. The number of ether oxygens (including phenoxy) is 1. The summed E-state index contributed by atoms with van der Waals surface area (Å²) in [6, 6.07) is 3.23. The number of nitrogens with zero attached hydrogens (tertiary/aromatic N) is 2. The molecule has 0 aliphatic carbocycles. The van der Waals surface area contributed by atoms with Gasteiger partial charge in [0, 0.05) is 12.7 Å². The fourth-order valence-electron chi connectivity index (χ4n) is 2.44. The molecule has 140 valence electrons. The van der Waals surface area contributed by atoms with Crippen molar-refractivity contribution in [2.45, 2.75) is 51.6 Å². The number of pyridine rings is 1. The molecule has 1 fully saturated rings. The van der Waals surface area contributed by atoms with Crippen LogP contribution in [0.25, 0.3) is 0 Å². The van der Waals surface area contributed by atoms with Crippen LogP contribution in [0.1, 0.15) is 36.8 Å². The summed E-state index contributed by atoms with van der Waals surface area (Å²) in [6.07, 6.45) is 1.68. The molecule has 1 unspecified atom stereocenters. The van der Waals surface area contributed by atoms with Crippen molar-refractivity contribution in [3.8, 4) is 0 Å². The van der Waals surface area contributed by atoms with Crippen molar-refractivity contribution in [3.05, 3.63) is 29.6 Å². The van der Waals surface area contributed by atoms with Crippen LogP contribution in [-0.4, -0.2) is 61.6 Å². The first-order chi connectivity index (χ1) is 11.7. The van der Waals surface area contributed by atoms with Crippen molar-refractivity contribution in [2.24, 2.45) is 0 Å². The van der Waals surface area contributed by atoms with E-state index in [1.54, 1.807) is 23.2 Å². The van der Waals surface area contributed by atoms with Crippen molar-refractivity contribution < 1.29 is 19.1 Å². The highest BCUT2D eigenvalue weighted by Crippen LogP contribution is 2.37. The lowest BCUT2D eigenvalue weighted by atomic mass is 10.1. The molecule has 0 radical (unpaired) electrons. The number of hydrogen-bond donors (Lipinski definition) is 1. The number of aliphatic hydroxyl groups is 1. The summed E-state index contributed by atoms with van der Waals surface area (Å²) in [4.78, 5) is 19.0. The molecule has 25 heavy (non-hydrogen) atoms. The van der Waals surface area contributed by atoms with E-state index in [2.05, 4.69) is 38.8 Å². The van der Waals surface area contributed by atoms with Crippen LogP contribution >= 0.6 is 0 Å². The summed E-state index contributed by atoms with van der Waals surface area (Å²) in [5, 5.41) is 9.61. The average molecular weight is 367 g/mol. The maximum absolute atomic E-state index is 13.0. The smallest absolute Gasteiger partial charge is 0.256 e. The van der Waals surface area contributed by atoms with Gasteiger partial charge in [-0.05, 0) is 30.3 Å². The lowest BCUT2D eigenvalue weighted by Gasteiger charge is -2.36. The summed E-state index contributed by atoms with van der Waals surface area (Å²) in [6.45, 7) is 12.4. The molecule has 2 heterocycles. The van der Waals surface area contributed by atoms with Crippen molar-refractivity contribution in [3.63, 3.8) is 0 Å². The Bertz CT molecular complexity index is 601. The van der Waals surface area contributed by atoms with Gasteiger partial charge in [-0.2, -0.15) is 0 Å². The minimum absolute atomic E-state index is 0.0954. The van der Waals surface area contributed by atoms with Crippen LogP contribution < -0.4 is 0 Å². The van der Waals surface area contributed by atoms with E-state index in [1.807, 2.05) is 0 Å². The van der Waals surface area contributed by atoms with Gasteiger partial charge in [-0.25, -0.2) is 0 Å². The van der Waals surface area contributed by atoms with Crippen LogP contribution in [-0.2, 0) is 15.8 Å². The Balaban J connectivity index is 2.18. The molecule has 0 aromatic carbocycles. The van der Waals surface area contributed by atoms with Gasteiger partial charge in [0.1, 0.15) is 0 Å². The van der Waals surface area contributed by atoms with Gasteiger partial charge in [0.05, 0.1) is 43.7 Å². The predicted octanol–water partition coefficient (Wildman–Crippen LogP) is 2.44. The fourth-order valence-corrected chi connectivity index (χ4v) is 3.37. The molecule has 1 atom stereocenters. The normalized spacial score (nSPS) is 19.1. The minimum atomic E-state index is -1.93. The summed E-state index contributed by atoms with van der Waals surface area (Å²) in [5.41, 5.74) is 1.20. The molecule has 1 aliphatic heterocycles. The summed E-state index contributed by atoms with van der Waals surface area (Å²) in [5.74, 6) is -0.121. The third kappa shape index (κ3) is 4.66. The van der Waals surface area contributed by atoms with Crippen LogP contribution in [0.3, 0.4) is 0 Å². The molecule has 2 rings (SSSR count). The molecule has 1 saturated heterocycles. The molecule has 7 heteroatoms. The Labute approximate surface area is 151 Å². The van der Waals surface area contributed by atoms with Crippen molar-refractivity contribution in [2.75, 3.05) is 26.4 Å². The van der Waals surface area contributed by atoms with E-state index in [-0.39, 0.29) is 23.6 Å². The number of carbonyl (C=O) groups excluding carboxylic acids is 1. The van der Waals surface area contributed by atoms with E-state index in [9.17, 15) is 9.90 Å². The second kappa shape index (κ2) is 7.95. The Kier molecular flexibility index (Phi) is 6.37. The van der Waals surface area contributed by atoms with Crippen molar-refractivity contribution >= 4 is 14.2 Å². The zero-order valence-electron chi connectivity index (χ0n) is 15.9. The molecule has 1 aromatic rings. The van der Waals surface area contributed by atoms with Crippen molar-refractivity contribution in [1.82, 2.24) is 9.88 Å². The minimum Gasteiger partial charge on any atom is -0.411 e. The third-order valence-corrected chi connectivity index (χ3v) is 9.67.